The van der Waals surface area contributed by atoms with Crippen molar-refractivity contribution in [2.24, 2.45) is 10.9 Å². The minimum atomic E-state index is -0.0488. The second kappa shape index (κ2) is 11.6. The lowest BCUT2D eigenvalue weighted by Crippen LogP contribution is -2.43. The molecule has 0 aromatic heterocycles. The van der Waals surface area contributed by atoms with Gasteiger partial charge in [0.2, 0.25) is 0 Å². The minimum absolute atomic E-state index is 0.0488. The minimum Gasteiger partial charge on any atom is -0.356 e. The largest absolute Gasteiger partial charge is 0.356 e. The summed E-state index contributed by atoms with van der Waals surface area (Å²) in [7, 11) is 3.46. The summed E-state index contributed by atoms with van der Waals surface area (Å²) in [5.74, 6) is 1.53. The Labute approximate surface area is 163 Å². The molecule has 0 unspecified atom stereocenters. The summed E-state index contributed by atoms with van der Waals surface area (Å²) in [6, 6.07) is 7.76. The number of aliphatic imine (C=N–C) groups is 1. The van der Waals surface area contributed by atoms with E-state index in [9.17, 15) is 4.79 Å². The number of benzene rings is 1. The van der Waals surface area contributed by atoms with E-state index >= 15 is 0 Å². The summed E-state index contributed by atoms with van der Waals surface area (Å²) in [6.07, 6.45) is 4.61. The Morgan fingerprint density at radius 1 is 1.26 bits per heavy atom. The van der Waals surface area contributed by atoms with Crippen molar-refractivity contribution in [2.75, 3.05) is 46.8 Å². The molecule has 1 aromatic carbocycles. The SMILES string of the molecule is CCCN1CCC(CNC(=NC)NCCc2cccc(C(=O)NC)c2)CC1. The summed E-state index contributed by atoms with van der Waals surface area (Å²) < 4.78 is 0. The highest BCUT2D eigenvalue weighted by molar-refractivity contribution is 5.94. The molecule has 0 bridgehead atoms. The third-order valence-corrected chi connectivity index (χ3v) is 5.15. The predicted molar refractivity (Wildman–Crippen MR) is 112 cm³/mol. The van der Waals surface area contributed by atoms with Gasteiger partial charge in [-0.05, 0) is 68.9 Å². The summed E-state index contributed by atoms with van der Waals surface area (Å²) in [5, 5.41) is 9.51. The van der Waals surface area contributed by atoms with Crippen molar-refractivity contribution in [3.63, 3.8) is 0 Å². The Morgan fingerprint density at radius 3 is 2.70 bits per heavy atom. The van der Waals surface area contributed by atoms with Crippen LogP contribution in [-0.2, 0) is 6.42 Å². The van der Waals surface area contributed by atoms with Crippen LogP contribution in [0.5, 0.6) is 0 Å². The Bertz CT molecular complexity index is 608. The molecule has 1 fully saturated rings. The normalized spacial score (nSPS) is 16.2. The topological polar surface area (TPSA) is 68.8 Å². The lowest BCUT2D eigenvalue weighted by atomic mass is 9.97. The molecule has 1 saturated heterocycles. The smallest absolute Gasteiger partial charge is 0.251 e. The van der Waals surface area contributed by atoms with E-state index in [2.05, 4.69) is 32.8 Å². The van der Waals surface area contributed by atoms with E-state index < -0.39 is 0 Å². The van der Waals surface area contributed by atoms with Crippen LogP contribution in [0, 0.1) is 5.92 Å². The summed E-state index contributed by atoms with van der Waals surface area (Å²) in [6.45, 7) is 7.67. The average molecular weight is 374 g/mol. The summed E-state index contributed by atoms with van der Waals surface area (Å²) in [4.78, 5) is 18.6. The Kier molecular flexibility index (Phi) is 9.11. The maximum Gasteiger partial charge on any atom is 0.251 e. The molecule has 1 amide bonds. The van der Waals surface area contributed by atoms with Gasteiger partial charge in [0.25, 0.3) is 5.91 Å². The number of guanidine groups is 1. The fourth-order valence-corrected chi connectivity index (χ4v) is 3.53. The van der Waals surface area contributed by atoms with Crippen LogP contribution in [0.25, 0.3) is 0 Å². The quantitative estimate of drug-likeness (QED) is 0.481. The molecule has 0 aliphatic carbocycles. The van der Waals surface area contributed by atoms with Gasteiger partial charge < -0.3 is 20.9 Å². The number of hydrogen-bond acceptors (Lipinski definition) is 3. The van der Waals surface area contributed by atoms with Crippen LogP contribution in [0.4, 0.5) is 0 Å². The second-order valence-electron chi connectivity index (χ2n) is 7.19. The molecule has 0 saturated carbocycles. The van der Waals surface area contributed by atoms with Gasteiger partial charge in [-0.2, -0.15) is 0 Å². The third kappa shape index (κ3) is 7.21. The van der Waals surface area contributed by atoms with Crippen molar-refractivity contribution in [3.8, 4) is 0 Å². The van der Waals surface area contributed by atoms with E-state index in [1.807, 2.05) is 31.3 Å². The molecule has 150 valence electrons. The molecule has 0 atom stereocenters. The van der Waals surface area contributed by atoms with E-state index in [-0.39, 0.29) is 5.91 Å². The van der Waals surface area contributed by atoms with Gasteiger partial charge in [-0.1, -0.05) is 19.1 Å². The second-order valence-corrected chi connectivity index (χ2v) is 7.19. The number of nitrogens with zero attached hydrogens (tertiary/aromatic N) is 2. The molecular formula is C21H35N5O. The van der Waals surface area contributed by atoms with Crippen LogP contribution in [-0.4, -0.2) is 63.6 Å². The Balaban J connectivity index is 1.69. The molecule has 3 N–H and O–H groups in total. The Hall–Kier alpha value is -2.08. The van der Waals surface area contributed by atoms with Crippen molar-refractivity contribution in [1.82, 2.24) is 20.9 Å². The van der Waals surface area contributed by atoms with Gasteiger partial charge in [0, 0.05) is 32.7 Å². The molecule has 0 spiro atoms. The van der Waals surface area contributed by atoms with Crippen molar-refractivity contribution in [2.45, 2.75) is 32.6 Å². The lowest BCUT2D eigenvalue weighted by molar-refractivity contribution is 0.0963. The number of rotatable bonds is 8. The predicted octanol–water partition coefficient (Wildman–Crippen LogP) is 1.88. The zero-order valence-electron chi connectivity index (χ0n) is 17.1. The molecule has 1 aliphatic heterocycles. The molecule has 6 heteroatoms. The first-order valence-corrected chi connectivity index (χ1v) is 10.1. The van der Waals surface area contributed by atoms with E-state index in [1.54, 1.807) is 7.05 Å². The monoisotopic (exact) mass is 373 g/mol. The van der Waals surface area contributed by atoms with Crippen LogP contribution in [0.15, 0.2) is 29.3 Å². The first-order chi connectivity index (χ1) is 13.2. The van der Waals surface area contributed by atoms with Gasteiger partial charge in [0.05, 0.1) is 0 Å². The van der Waals surface area contributed by atoms with Crippen LogP contribution in [0.3, 0.4) is 0 Å². The molecule has 1 aliphatic rings. The van der Waals surface area contributed by atoms with Gasteiger partial charge >= 0.3 is 0 Å². The van der Waals surface area contributed by atoms with Gasteiger partial charge in [-0.25, -0.2) is 0 Å². The lowest BCUT2D eigenvalue weighted by Gasteiger charge is -2.32. The number of likely N-dealkylation sites (tertiary alicyclic amines) is 1. The van der Waals surface area contributed by atoms with E-state index in [1.165, 1.54) is 38.9 Å². The van der Waals surface area contributed by atoms with Crippen molar-refractivity contribution >= 4 is 11.9 Å². The standard InChI is InChI=1S/C21H35N5O/c1-4-12-26-13-9-18(10-14-26)16-25-21(23-3)24-11-8-17-6-5-7-19(15-17)20(27)22-2/h5-7,15,18H,4,8-14,16H2,1-3H3,(H,22,27)(H2,23,24,25). The van der Waals surface area contributed by atoms with Crippen molar-refractivity contribution in [1.29, 1.82) is 0 Å². The molecule has 6 nitrogen and oxygen atoms in total. The number of amides is 1. The molecule has 0 radical (unpaired) electrons. The van der Waals surface area contributed by atoms with Gasteiger partial charge in [0.15, 0.2) is 5.96 Å². The number of carbonyl (C=O) groups is 1. The van der Waals surface area contributed by atoms with E-state index in [0.29, 0.717) is 5.56 Å². The highest BCUT2D eigenvalue weighted by Crippen LogP contribution is 2.16. The van der Waals surface area contributed by atoms with Crippen LogP contribution >= 0.6 is 0 Å². The van der Waals surface area contributed by atoms with Crippen molar-refractivity contribution in [3.05, 3.63) is 35.4 Å². The van der Waals surface area contributed by atoms with Gasteiger partial charge in [-0.3, -0.25) is 9.79 Å². The highest BCUT2D eigenvalue weighted by Gasteiger charge is 2.18. The fourth-order valence-electron chi connectivity index (χ4n) is 3.53. The summed E-state index contributed by atoms with van der Waals surface area (Å²) in [5.41, 5.74) is 1.84. The maximum atomic E-state index is 11.7. The first kappa shape index (κ1) is 21.2. The molecule has 1 aromatic rings. The molecule has 2 rings (SSSR count). The van der Waals surface area contributed by atoms with Crippen LogP contribution < -0.4 is 16.0 Å². The van der Waals surface area contributed by atoms with Crippen LogP contribution in [0.1, 0.15) is 42.1 Å². The van der Waals surface area contributed by atoms with Crippen molar-refractivity contribution < 1.29 is 4.79 Å². The van der Waals surface area contributed by atoms with Gasteiger partial charge in [-0.15, -0.1) is 0 Å². The Morgan fingerprint density at radius 2 is 2.04 bits per heavy atom. The zero-order valence-corrected chi connectivity index (χ0v) is 17.1. The first-order valence-electron chi connectivity index (χ1n) is 10.1. The summed E-state index contributed by atoms with van der Waals surface area (Å²) >= 11 is 0. The van der Waals surface area contributed by atoms with E-state index in [0.717, 1.165) is 37.0 Å². The third-order valence-electron chi connectivity index (χ3n) is 5.15. The number of hydrogen-bond donors (Lipinski definition) is 3. The number of piperidine rings is 1. The average Bonchev–Trinajstić information content (AvgIpc) is 2.71. The molecular weight excluding hydrogens is 338 g/mol. The highest BCUT2D eigenvalue weighted by atomic mass is 16.1. The number of nitrogens with one attached hydrogen (secondary N) is 3. The molecule has 27 heavy (non-hydrogen) atoms. The zero-order chi connectivity index (χ0) is 19.5. The van der Waals surface area contributed by atoms with E-state index in [4.69, 9.17) is 0 Å². The van der Waals surface area contributed by atoms with Crippen LogP contribution in [0.2, 0.25) is 0 Å². The number of carbonyl (C=O) groups excluding carboxylic acids is 1. The molecule has 1 heterocycles. The fraction of sp³-hybridized carbons (Fsp3) is 0.619. The maximum absolute atomic E-state index is 11.7. The van der Waals surface area contributed by atoms with Gasteiger partial charge in [0.1, 0.15) is 0 Å².